The molecule has 1 aliphatic heterocycles. The van der Waals surface area contributed by atoms with E-state index in [1.165, 1.54) is 0 Å². The fraction of sp³-hybridized carbons (Fsp3) is 0.333. The zero-order chi connectivity index (χ0) is 19.9. The number of nitrogens with zero attached hydrogens (tertiary/aromatic N) is 1. The molecular weight excluding hydrogens is 424 g/mol. The van der Waals surface area contributed by atoms with E-state index in [0.29, 0.717) is 30.2 Å². The third kappa shape index (κ3) is 5.04. The molecule has 148 valence electrons. The lowest BCUT2D eigenvalue weighted by Gasteiger charge is -2.32. The number of hydrogen-bond acceptors (Lipinski definition) is 4. The molecule has 0 atom stereocenters. The van der Waals surface area contributed by atoms with Gasteiger partial charge in [0.15, 0.2) is 18.1 Å². The second kappa shape index (κ2) is 9.59. The smallest absolute Gasteiger partial charge is 0.258 e. The number of methoxy groups -OCH3 is 1. The maximum Gasteiger partial charge on any atom is 0.258 e. The van der Waals surface area contributed by atoms with Crippen molar-refractivity contribution < 1.29 is 19.1 Å². The molecule has 0 aromatic heterocycles. The van der Waals surface area contributed by atoms with Gasteiger partial charge in [0, 0.05) is 23.6 Å². The van der Waals surface area contributed by atoms with E-state index in [9.17, 15) is 9.59 Å². The number of para-hydroxylation sites is 2. The highest BCUT2D eigenvalue weighted by molar-refractivity contribution is 9.10. The van der Waals surface area contributed by atoms with E-state index < -0.39 is 0 Å². The maximum atomic E-state index is 12.6. The third-order valence-corrected chi connectivity index (χ3v) is 5.37. The monoisotopic (exact) mass is 446 g/mol. The Kier molecular flexibility index (Phi) is 6.92. The van der Waals surface area contributed by atoms with Crippen LogP contribution in [-0.2, 0) is 4.79 Å². The summed E-state index contributed by atoms with van der Waals surface area (Å²) in [6.45, 7) is 1.15. The fourth-order valence-corrected chi connectivity index (χ4v) is 3.64. The van der Waals surface area contributed by atoms with Gasteiger partial charge in [0.1, 0.15) is 0 Å². The second-order valence-corrected chi connectivity index (χ2v) is 7.41. The number of amides is 2. The Bertz CT molecular complexity index is 835. The summed E-state index contributed by atoms with van der Waals surface area (Å²) in [5.74, 6) is 0.960. The number of benzene rings is 2. The maximum absolute atomic E-state index is 12.6. The van der Waals surface area contributed by atoms with Crippen LogP contribution in [0.2, 0.25) is 0 Å². The molecule has 2 amide bonds. The first-order valence-corrected chi connectivity index (χ1v) is 9.96. The Morgan fingerprint density at radius 2 is 1.71 bits per heavy atom. The summed E-state index contributed by atoms with van der Waals surface area (Å²) < 4.78 is 11.6. The van der Waals surface area contributed by atoms with E-state index in [4.69, 9.17) is 9.47 Å². The molecule has 2 aromatic rings. The number of ether oxygens (including phenoxy) is 2. The normalized spacial score (nSPS) is 14.4. The lowest BCUT2D eigenvalue weighted by Crippen LogP contribution is -2.47. The fourth-order valence-electron chi connectivity index (χ4n) is 3.18. The van der Waals surface area contributed by atoms with E-state index in [2.05, 4.69) is 21.2 Å². The minimum Gasteiger partial charge on any atom is -0.493 e. The highest BCUT2D eigenvalue weighted by Gasteiger charge is 2.25. The van der Waals surface area contributed by atoms with Crippen LogP contribution in [0.3, 0.4) is 0 Å². The number of rotatable bonds is 6. The predicted octanol–water partition coefficient (Wildman–Crippen LogP) is 3.26. The summed E-state index contributed by atoms with van der Waals surface area (Å²) in [6, 6.07) is 14.7. The van der Waals surface area contributed by atoms with Crippen LogP contribution in [0.15, 0.2) is 53.0 Å². The lowest BCUT2D eigenvalue weighted by molar-refractivity contribution is -0.124. The van der Waals surface area contributed by atoms with Crippen LogP contribution in [0, 0.1) is 0 Å². The van der Waals surface area contributed by atoms with Crippen molar-refractivity contribution in [3.05, 3.63) is 58.6 Å². The van der Waals surface area contributed by atoms with E-state index in [1.54, 1.807) is 19.2 Å². The molecule has 1 N–H and O–H groups in total. The number of halogens is 1. The molecular formula is C21H23BrN2O4. The molecule has 7 heteroatoms. The highest BCUT2D eigenvalue weighted by atomic mass is 79.9. The van der Waals surface area contributed by atoms with Gasteiger partial charge < -0.3 is 19.7 Å². The molecule has 28 heavy (non-hydrogen) atoms. The van der Waals surface area contributed by atoms with Gasteiger partial charge in [-0.25, -0.2) is 0 Å². The van der Waals surface area contributed by atoms with Gasteiger partial charge in [-0.05, 0) is 53.0 Å². The van der Waals surface area contributed by atoms with Crippen molar-refractivity contribution in [3.63, 3.8) is 0 Å². The van der Waals surface area contributed by atoms with Crippen LogP contribution < -0.4 is 14.8 Å². The predicted molar refractivity (Wildman–Crippen MR) is 110 cm³/mol. The Morgan fingerprint density at radius 3 is 2.39 bits per heavy atom. The SMILES string of the molecule is COc1ccccc1OCC(=O)NC1CCN(C(=O)c2ccccc2Br)CC1. The molecule has 1 aliphatic rings. The van der Waals surface area contributed by atoms with Crippen molar-refractivity contribution in [1.29, 1.82) is 0 Å². The summed E-state index contributed by atoms with van der Waals surface area (Å²) in [4.78, 5) is 26.7. The van der Waals surface area contributed by atoms with E-state index in [0.717, 1.165) is 17.3 Å². The molecule has 0 aliphatic carbocycles. The van der Waals surface area contributed by atoms with E-state index in [-0.39, 0.29) is 24.5 Å². The zero-order valence-electron chi connectivity index (χ0n) is 15.7. The Labute approximate surface area is 172 Å². The van der Waals surface area contributed by atoms with Crippen LogP contribution >= 0.6 is 15.9 Å². The molecule has 0 spiro atoms. The summed E-state index contributed by atoms with van der Waals surface area (Å²) in [5, 5.41) is 2.99. The second-order valence-electron chi connectivity index (χ2n) is 6.55. The van der Waals surface area contributed by atoms with Gasteiger partial charge in [0.05, 0.1) is 12.7 Å². The first-order chi connectivity index (χ1) is 13.6. The summed E-state index contributed by atoms with van der Waals surface area (Å²) in [7, 11) is 1.56. The minimum atomic E-state index is -0.179. The van der Waals surface area contributed by atoms with Crippen LogP contribution in [0.1, 0.15) is 23.2 Å². The number of carbonyl (C=O) groups is 2. The Balaban J connectivity index is 1.46. The van der Waals surface area contributed by atoms with Crippen molar-refractivity contribution in [1.82, 2.24) is 10.2 Å². The zero-order valence-corrected chi connectivity index (χ0v) is 17.3. The molecule has 2 aromatic carbocycles. The van der Waals surface area contributed by atoms with Gasteiger partial charge >= 0.3 is 0 Å². The van der Waals surface area contributed by atoms with E-state index in [1.807, 2.05) is 41.3 Å². The van der Waals surface area contributed by atoms with Crippen LogP contribution in [0.4, 0.5) is 0 Å². The summed E-state index contributed by atoms with van der Waals surface area (Å²) in [5.41, 5.74) is 0.662. The van der Waals surface area contributed by atoms with Crippen molar-refractivity contribution in [2.75, 3.05) is 26.8 Å². The molecule has 0 bridgehead atoms. The molecule has 1 fully saturated rings. The van der Waals surface area contributed by atoms with E-state index >= 15 is 0 Å². The summed E-state index contributed by atoms with van der Waals surface area (Å²) in [6.07, 6.45) is 1.44. The van der Waals surface area contributed by atoms with Crippen molar-refractivity contribution in [3.8, 4) is 11.5 Å². The molecule has 0 unspecified atom stereocenters. The third-order valence-electron chi connectivity index (χ3n) is 4.68. The highest BCUT2D eigenvalue weighted by Crippen LogP contribution is 2.25. The first-order valence-electron chi connectivity index (χ1n) is 9.17. The van der Waals surface area contributed by atoms with Gasteiger partial charge in [-0.3, -0.25) is 9.59 Å². The molecule has 3 rings (SSSR count). The largest absolute Gasteiger partial charge is 0.493 e. The number of nitrogens with one attached hydrogen (secondary N) is 1. The quantitative estimate of drug-likeness (QED) is 0.739. The van der Waals surface area contributed by atoms with Crippen molar-refractivity contribution >= 4 is 27.7 Å². The van der Waals surface area contributed by atoms with Crippen LogP contribution in [-0.4, -0.2) is 49.6 Å². The average molecular weight is 447 g/mol. The van der Waals surface area contributed by atoms with Crippen molar-refractivity contribution in [2.24, 2.45) is 0 Å². The number of carbonyl (C=O) groups excluding carboxylic acids is 2. The van der Waals surface area contributed by atoms with Crippen LogP contribution in [0.25, 0.3) is 0 Å². The average Bonchev–Trinajstić information content (AvgIpc) is 2.73. The standard InChI is InChI=1S/C21H23BrN2O4/c1-27-18-8-4-5-9-19(18)28-14-20(25)23-15-10-12-24(13-11-15)21(26)16-6-2-3-7-17(16)22/h2-9,15H,10-14H2,1H3,(H,23,25). The molecule has 0 saturated carbocycles. The molecule has 0 radical (unpaired) electrons. The molecule has 6 nitrogen and oxygen atoms in total. The van der Waals surface area contributed by atoms with Crippen molar-refractivity contribution in [2.45, 2.75) is 18.9 Å². The first kappa shape index (κ1) is 20.2. The van der Waals surface area contributed by atoms with Gasteiger partial charge in [0.25, 0.3) is 11.8 Å². The Hall–Kier alpha value is -2.54. The van der Waals surface area contributed by atoms with Gasteiger partial charge in [-0.1, -0.05) is 24.3 Å². The number of piperidine rings is 1. The van der Waals surface area contributed by atoms with Gasteiger partial charge in [0.2, 0.25) is 0 Å². The Morgan fingerprint density at radius 1 is 1.07 bits per heavy atom. The number of likely N-dealkylation sites (tertiary alicyclic amines) is 1. The molecule has 1 heterocycles. The van der Waals surface area contributed by atoms with Gasteiger partial charge in [-0.2, -0.15) is 0 Å². The number of hydrogen-bond donors (Lipinski definition) is 1. The minimum absolute atomic E-state index is 0.0109. The lowest BCUT2D eigenvalue weighted by atomic mass is 10.0. The molecule has 1 saturated heterocycles. The van der Waals surface area contributed by atoms with Crippen LogP contribution in [0.5, 0.6) is 11.5 Å². The topological polar surface area (TPSA) is 67.9 Å². The van der Waals surface area contributed by atoms with Gasteiger partial charge in [-0.15, -0.1) is 0 Å². The summed E-state index contributed by atoms with van der Waals surface area (Å²) >= 11 is 3.43.